The number of nitrogens with one attached hydrogen (secondary N) is 4. The van der Waals surface area contributed by atoms with E-state index >= 15 is 0 Å². The standard InChI is InChI=1S/C23H30N6O8S/c24-13(5-6-19(31)32)20(33)29-17(10-38)22(35)27-15(21(34)28-16(23(36)37)8-18(25)30)7-11-9-26-14-4-2-1-3-12(11)14/h1-4,9,13,15-17,26,38H,5-8,10,24H2,(H2,25,30)(H,27,35)(H,28,34)(H,29,33)(H,31,32)(H,36,37). The topological polar surface area (TPSA) is 247 Å². The number of rotatable bonds is 15. The number of hydrogen-bond donors (Lipinski definition) is 9. The van der Waals surface area contributed by atoms with Gasteiger partial charge in [-0.1, -0.05) is 18.2 Å². The second kappa shape index (κ2) is 14.0. The highest BCUT2D eigenvalue weighted by atomic mass is 32.1. The van der Waals surface area contributed by atoms with Gasteiger partial charge in [0.25, 0.3) is 0 Å². The fourth-order valence-electron chi connectivity index (χ4n) is 3.56. The summed E-state index contributed by atoms with van der Waals surface area (Å²) in [6.07, 6.45) is 0.377. The fourth-order valence-corrected chi connectivity index (χ4v) is 3.82. The first-order valence-electron chi connectivity index (χ1n) is 11.5. The van der Waals surface area contributed by atoms with Gasteiger partial charge >= 0.3 is 11.9 Å². The van der Waals surface area contributed by atoms with Crippen molar-refractivity contribution in [2.75, 3.05) is 5.75 Å². The molecule has 4 atom stereocenters. The van der Waals surface area contributed by atoms with Crippen molar-refractivity contribution in [3.8, 4) is 0 Å². The Balaban J connectivity index is 2.24. The molecule has 0 fully saturated rings. The van der Waals surface area contributed by atoms with Crippen LogP contribution in [0.4, 0.5) is 0 Å². The van der Waals surface area contributed by atoms with Crippen molar-refractivity contribution in [3.63, 3.8) is 0 Å². The molecule has 2 rings (SSSR count). The number of para-hydroxylation sites is 1. The molecule has 1 aromatic carbocycles. The summed E-state index contributed by atoms with van der Waals surface area (Å²) < 4.78 is 0. The molecule has 4 amide bonds. The summed E-state index contributed by atoms with van der Waals surface area (Å²) in [4.78, 5) is 75.0. The SMILES string of the molecule is NC(=O)CC(NC(=O)C(Cc1c[nH]c2ccccc12)NC(=O)C(CS)NC(=O)C(N)CCC(=O)O)C(=O)O. The minimum Gasteiger partial charge on any atom is -0.481 e. The molecule has 0 saturated carbocycles. The van der Waals surface area contributed by atoms with Gasteiger partial charge in [0.1, 0.15) is 18.1 Å². The van der Waals surface area contributed by atoms with Gasteiger partial charge in [0.05, 0.1) is 12.5 Å². The van der Waals surface area contributed by atoms with Crippen molar-refractivity contribution in [1.82, 2.24) is 20.9 Å². The Morgan fingerprint density at radius 3 is 2.13 bits per heavy atom. The van der Waals surface area contributed by atoms with Crippen molar-refractivity contribution >= 4 is 59.1 Å². The maximum atomic E-state index is 13.1. The van der Waals surface area contributed by atoms with E-state index in [9.17, 15) is 33.9 Å². The molecule has 0 radical (unpaired) electrons. The molecular formula is C23H30N6O8S. The van der Waals surface area contributed by atoms with Crippen LogP contribution >= 0.6 is 12.6 Å². The zero-order chi connectivity index (χ0) is 28.4. The summed E-state index contributed by atoms with van der Waals surface area (Å²) >= 11 is 4.07. The Bertz CT molecular complexity index is 1200. The number of aromatic amines is 1. The van der Waals surface area contributed by atoms with Crippen LogP contribution < -0.4 is 27.4 Å². The summed E-state index contributed by atoms with van der Waals surface area (Å²) in [5.41, 5.74) is 12.2. The number of fused-ring (bicyclic) bond motifs is 1. The van der Waals surface area contributed by atoms with E-state index in [2.05, 4.69) is 33.6 Å². The molecule has 2 aromatic rings. The Hall–Kier alpha value is -4.11. The van der Waals surface area contributed by atoms with E-state index in [1.165, 1.54) is 0 Å². The summed E-state index contributed by atoms with van der Waals surface area (Å²) in [5, 5.41) is 26.0. The number of benzene rings is 1. The number of carbonyl (C=O) groups is 6. The zero-order valence-corrected chi connectivity index (χ0v) is 21.1. The van der Waals surface area contributed by atoms with Crippen LogP contribution in [0.5, 0.6) is 0 Å². The largest absolute Gasteiger partial charge is 0.481 e. The number of carboxylic acid groups (broad SMARTS) is 2. The van der Waals surface area contributed by atoms with Gasteiger partial charge < -0.3 is 42.6 Å². The number of H-pyrrole nitrogens is 1. The Labute approximate surface area is 222 Å². The van der Waals surface area contributed by atoms with Gasteiger partial charge in [-0.25, -0.2) is 4.79 Å². The first kappa shape index (κ1) is 30.1. The highest BCUT2D eigenvalue weighted by Crippen LogP contribution is 2.19. The first-order valence-corrected chi connectivity index (χ1v) is 12.1. The average Bonchev–Trinajstić information content (AvgIpc) is 3.27. The average molecular weight is 551 g/mol. The maximum Gasteiger partial charge on any atom is 0.326 e. The minimum absolute atomic E-state index is 0.0736. The van der Waals surface area contributed by atoms with Crippen LogP contribution in [0, 0.1) is 0 Å². The van der Waals surface area contributed by atoms with Crippen LogP contribution in [0.1, 0.15) is 24.8 Å². The van der Waals surface area contributed by atoms with Crippen molar-refractivity contribution in [1.29, 1.82) is 0 Å². The number of carboxylic acids is 2. The van der Waals surface area contributed by atoms with Crippen LogP contribution in [0.2, 0.25) is 0 Å². The van der Waals surface area contributed by atoms with E-state index in [0.717, 1.165) is 10.9 Å². The van der Waals surface area contributed by atoms with Crippen LogP contribution in [0.3, 0.4) is 0 Å². The second-order valence-corrected chi connectivity index (χ2v) is 8.84. The number of nitrogens with two attached hydrogens (primary N) is 2. The predicted octanol–water partition coefficient (Wildman–Crippen LogP) is -1.75. The normalized spacial score (nSPS) is 14.1. The first-order chi connectivity index (χ1) is 17.9. The Kier molecular flexibility index (Phi) is 11.1. The summed E-state index contributed by atoms with van der Waals surface area (Å²) in [6.45, 7) is 0. The van der Waals surface area contributed by atoms with Gasteiger partial charge in [-0.05, 0) is 18.1 Å². The van der Waals surface area contributed by atoms with Crippen molar-refractivity contribution in [2.24, 2.45) is 11.5 Å². The van der Waals surface area contributed by atoms with Gasteiger partial charge in [-0.3, -0.25) is 24.0 Å². The summed E-state index contributed by atoms with van der Waals surface area (Å²) in [7, 11) is 0. The quantitative estimate of drug-likeness (QED) is 0.114. The van der Waals surface area contributed by atoms with E-state index in [1.807, 2.05) is 0 Å². The third-order valence-electron chi connectivity index (χ3n) is 5.57. The lowest BCUT2D eigenvalue weighted by atomic mass is 10.0. The third kappa shape index (κ3) is 8.77. The zero-order valence-electron chi connectivity index (χ0n) is 20.2. The lowest BCUT2D eigenvalue weighted by Gasteiger charge is -2.24. The van der Waals surface area contributed by atoms with Gasteiger partial charge in [-0.2, -0.15) is 12.6 Å². The van der Waals surface area contributed by atoms with Crippen LogP contribution in [-0.4, -0.2) is 80.7 Å². The molecule has 0 bridgehead atoms. The lowest BCUT2D eigenvalue weighted by molar-refractivity contribution is -0.143. The van der Waals surface area contributed by atoms with Crippen molar-refractivity contribution in [2.45, 2.75) is 49.9 Å². The number of primary amides is 1. The van der Waals surface area contributed by atoms with Crippen LogP contribution in [0.15, 0.2) is 30.5 Å². The molecule has 38 heavy (non-hydrogen) atoms. The molecule has 1 aromatic heterocycles. The second-order valence-electron chi connectivity index (χ2n) is 8.48. The Morgan fingerprint density at radius 1 is 0.921 bits per heavy atom. The maximum absolute atomic E-state index is 13.1. The molecule has 4 unspecified atom stereocenters. The van der Waals surface area contributed by atoms with Gasteiger partial charge in [0.15, 0.2) is 0 Å². The van der Waals surface area contributed by atoms with E-state index in [1.54, 1.807) is 30.5 Å². The predicted molar refractivity (Wildman–Crippen MR) is 138 cm³/mol. The number of aliphatic carboxylic acids is 2. The van der Waals surface area contributed by atoms with Crippen molar-refractivity contribution < 1.29 is 39.0 Å². The molecule has 0 saturated heterocycles. The number of carbonyl (C=O) groups excluding carboxylic acids is 4. The molecule has 0 aliphatic rings. The molecule has 10 N–H and O–H groups in total. The minimum atomic E-state index is -1.63. The molecular weight excluding hydrogens is 520 g/mol. The smallest absolute Gasteiger partial charge is 0.326 e. The van der Waals surface area contributed by atoms with Gasteiger partial charge in [0, 0.05) is 35.7 Å². The van der Waals surface area contributed by atoms with Crippen LogP contribution in [0.25, 0.3) is 10.9 Å². The Morgan fingerprint density at radius 2 is 1.53 bits per heavy atom. The number of amides is 4. The fraction of sp³-hybridized carbons (Fsp3) is 0.391. The van der Waals surface area contributed by atoms with Gasteiger partial charge in [0.2, 0.25) is 23.6 Å². The van der Waals surface area contributed by atoms with Gasteiger partial charge in [-0.15, -0.1) is 0 Å². The molecule has 206 valence electrons. The molecule has 15 heteroatoms. The number of aromatic nitrogens is 1. The molecule has 0 aliphatic carbocycles. The summed E-state index contributed by atoms with van der Waals surface area (Å²) in [6, 6.07) is 1.78. The number of hydrogen-bond acceptors (Lipinski definition) is 8. The van der Waals surface area contributed by atoms with E-state index in [-0.39, 0.29) is 25.0 Å². The van der Waals surface area contributed by atoms with Crippen molar-refractivity contribution in [3.05, 3.63) is 36.0 Å². The molecule has 1 heterocycles. The highest BCUT2D eigenvalue weighted by Gasteiger charge is 2.31. The number of thiol groups is 1. The monoisotopic (exact) mass is 550 g/mol. The summed E-state index contributed by atoms with van der Waals surface area (Å²) in [5.74, 6) is -6.29. The van der Waals surface area contributed by atoms with E-state index in [4.69, 9.17) is 16.6 Å². The molecule has 14 nitrogen and oxygen atoms in total. The van der Waals surface area contributed by atoms with E-state index in [0.29, 0.717) is 5.56 Å². The highest BCUT2D eigenvalue weighted by molar-refractivity contribution is 7.80. The van der Waals surface area contributed by atoms with E-state index < -0.39 is 66.2 Å². The molecule has 0 aliphatic heterocycles. The lowest BCUT2D eigenvalue weighted by Crippen LogP contribution is -2.58. The van der Waals surface area contributed by atoms with Crippen LogP contribution in [-0.2, 0) is 35.2 Å². The third-order valence-corrected chi connectivity index (χ3v) is 5.94. The molecule has 0 spiro atoms.